The lowest BCUT2D eigenvalue weighted by Crippen LogP contribution is -2.44. The molecule has 10 heteroatoms. The first-order valence-electron chi connectivity index (χ1n) is 10.2. The molecular weight excluding hydrogens is 556 g/mol. The van der Waals surface area contributed by atoms with Gasteiger partial charge in [-0.05, 0) is 75.9 Å². The van der Waals surface area contributed by atoms with Gasteiger partial charge in [0.2, 0.25) is 0 Å². The van der Waals surface area contributed by atoms with Gasteiger partial charge in [-0.3, -0.25) is 15.0 Å². The highest BCUT2D eigenvalue weighted by molar-refractivity contribution is 9.10. The van der Waals surface area contributed by atoms with Crippen molar-refractivity contribution in [3.8, 4) is 11.5 Å². The average Bonchev–Trinajstić information content (AvgIpc) is 3.45. The lowest BCUT2D eigenvalue weighted by atomic mass is 10.1. The van der Waals surface area contributed by atoms with Crippen LogP contribution in [0.2, 0.25) is 0 Å². The van der Waals surface area contributed by atoms with Gasteiger partial charge in [0.1, 0.15) is 6.61 Å². The SMILES string of the molecule is CCOc1cc(/C=C2/SC(=S)N(NC(=O)c3cccs3)C2=O)cc(Br)c1OCc1ccccc1. The zero-order valence-electron chi connectivity index (χ0n) is 17.9. The maximum absolute atomic E-state index is 12.9. The Kier molecular flexibility index (Phi) is 8.04. The first kappa shape index (κ1) is 24.5. The molecule has 174 valence electrons. The van der Waals surface area contributed by atoms with E-state index < -0.39 is 5.91 Å². The summed E-state index contributed by atoms with van der Waals surface area (Å²) in [6.07, 6.45) is 1.71. The molecular formula is C24H19BrN2O4S3. The van der Waals surface area contributed by atoms with E-state index in [1.54, 1.807) is 23.6 Å². The summed E-state index contributed by atoms with van der Waals surface area (Å²) in [4.78, 5) is 26.2. The Labute approximate surface area is 219 Å². The minimum absolute atomic E-state index is 0.257. The number of rotatable bonds is 8. The molecule has 4 rings (SSSR count). The van der Waals surface area contributed by atoms with Crippen molar-refractivity contribution in [1.82, 2.24) is 10.4 Å². The van der Waals surface area contributed by atoms with E-state index >= 15 is 0 Å². The van der Waals surface area contributed by atoms with Gasteiger partial charge in [-0.25, -0.2) is 0 Å². The van der Waals surface area contributed by atoms with Gasteiger partial charge < -0.3 is 9.47 Å². The molecule has 0 unspecified atom stereocenters. The molecule has 1 saturated heterocycles. The summed E-state index contributed by atoms with van der Waals surface area (Å²) < 4.78 is 12.8. The third-order valence-corrected chi connectivity index (χ3v) is 7.37. The van der Waals surface area contributed by atoms with Gasteiger partial charge in [0, 0.05) is 0 Å². The van der Waals surface area contributed by atoms with Crippen molar-refractivity contribution in [3.63, 3.8) is 0 Å². The lowest BCUT2D eigenvalue weighted by molar-refractivity contribution is -0.123. The summed E-state index contributed by atoms with van der Waals surface area (Å²) in [7, 11) is 0. The van der Waals surface area contributed by atoms with Crippen LogP contribution >= 0.6 is 51.2 Å². The predicted octanol–water partition coefficient (Wildman–Crippen LogP) is 6.03. The monoisotopic (exact) mass is 574 g/mol. The number of thiophene rings is 1. The highest BCUT2D eigenvalue weighted by Gasteiger charge is 2.34. The van der Waals surface area contributed by atoms with Crippen molar-refractivity contribution in [1.29, 1.82) is 0 Å². The molecule has 0 bridgehead atoms. The number of hydrogen-bond acceptors (Lipinski definition) is 7. The molecule has 3 aromatic rings. The molecule has 6 nitrogen and oxygen atoms in total. The van der Waals surface area contributed by atoms with Gasteiger partial charge in [0.05, 0.1) is 20.9 Å². The molecule has 1 aliphatic heterocycles. The van der Waals surface area contributed by atoms with Crippen LogP contribution in [0.5, 0.6) is 11.5 Å². The third kappa shape index (κ3) is 5.69. The summed E-state index contributed by atoms with van der Waals surface area (Å²) in [5, 5.41) is 2.89. The number of thioether (sulfide) groups is 1. The Morgan fingerprint density at radius 3 is 2.68 bits per heavy atom. The smallest absolute Gasteiger partial charge is 0.285 e. The fraction of sp³-hybridized carbons (Fsp3) is 0.125. The number of nitrogens with zero attached hydrogens (tertiary/aromatic N) is 1. The van der Waals surface area contributed by atoms with Gasteiger partial charge in [-0.2, -0.15) is 5.01 Å². The Bertz CT molecular complexity index is 1250. The van der Waals surface area contributed by atoms with E-state index in [4.69, 9.17) is 21.7 Å². The second-order valence-electron chi connectivity index (χ2n) is 6.97. The Morgan fingerprint density at radius 2 is 1.97 bits per heavy atom. The van der Waals surface area contributed by atoms with Crippen LogP contribution in [-0.4, -0.2) is 27.8 Å². The van der Waals surface area contributed by atoms with Gasteiger partial charge in [-0.1, -0.05) is 48.2 Å². The fourth-order valence-corrected chi connectivity index (χ4v) is 5.45. The summed E-state index contributed by atoms with van der Waals surface area (Å²) in [5.74, 6) is 0.367. The van der Waals surface area contributed by atoms with Gasteiger partial charge in [0.15, 0.2) is 15.8 Å². The summed E-state index contributed by atoms with van der Waals surface area (Å²) in [6, 6.07) is 17.0. The van der Waals surface area contributed by atoms with Crippen molar-refractivity contribution >= 4 is 73.5 Å². The van der Waals surface area contributed by atoms with Gasteiger partial charge >= 0.3 is 0 Å². The molecule has 0 saturated carbocycles. The molecule has 1 aliphatic rings. The third-order valence-electron chi connectivity index (χ3n) is 4.61. The average molecular weight is 576 g/mol. The quantitative estimate of drug-likeness (QED) is 0.261. The molecule has 2 aromatic carbocycles. The standard InChI is InChI=1S/C24H19BrN2O4S3/c1-2-30-18-12-16(11-17(25)21(18)31-14-15-7-4-3-5-8-15)13-20-23(29)27(24(32)34-20)26-22(28)19-9-6-10-33-19/h3-13H,2,14H2,1H3,(H,26,28)/b20-13+. The molecule has 1 aromatic heterocycles. The highest BCUT2D eigenvalue weighted by Crippen LogP contribution is 2.39. The number of ether oxygens (including phenoxy) is 2. The van der Waals surface area contributed by atoms with E-state index in [1.165, 1.54) is 11.3 Å². The van der Waals surface area contributed by atoms with Gasteiger partial charge in [-0.15, -0.1) is 11.3 Å². The normalized spacial score (nSPS) is 14.5. The molecule has 0 atom stereocenters. The highest BCUT2D eigenvalue weighted by atomic mass is 79.9. The van der Waals surface area contributed by atoms with E-state index in [0.717, 1.165) is 27.9 Å². The molecule has 0 radical (unpaired) electrons. The van der Waals surface area contributed by atoms with Crippen LogP contribution in [0.15, 0.2) is 69.4 Å². The summed E-state index contributed by atoms with van der Waals surface area (Å²) >= 11 is 11.3. The minimum atomic E-state index is -0.390. The maximum atomic E-state index is 12.9. The topological polar surface area (TPSA) is 67.9 Å². The first-order chi connectivity index (χ1) is 16.5. The number of carbonyl (C=O) groups excluding carboxylic acids is 2. The number of halogens is 1. The number of nitrogens with one attached hydrogen (secondary N) is 1. The van der Waals surface area contributed by atoms with Crippen molar-refractivity contribution in [2.45, 2.75) is 13.5 Å². The Morgan fingerprint density at radius 1 is 1.18 bits per heavy atom. The molecule has 0 spiro atoms. The number of hydrogen-bond donors (Lipinski definition) is 1. The molecule has 34 heavy (non-hydrogen) atoms. The molecule has 0 aliphatic carbocycles. The second kappa shape index (κ2) is 11.2. The first-order valence-corrected chi connectivity index (χ1v) is 13.1. The summed E-state index contributed by atoms with van der Waals surface area (Å²) in [5.41, 5.74) is 4.34. The van der Waals surface area contributed by atoms with Crippen molar-refractivity contribution < 1.29 is 19.1 Å². The minimum Gasteiger partial charge on any atom is -0.490 e. The van der Waals surface area contributed by atoms with Crippen molar-refractivity contribution in [2.24, 2.45) is 0 Å². The van der Waals surface area contributed by atoms with Crippen LogP contribution < -0.4 is 14.9 Å². The largest absolute Gasteiger partial charge is 0.490 e. The number of amides is 2. The Balaban J connectivity index is 1.54. The molecule has 1 fully saturated rings. The van der Waals surface area contributed by atoms with E-state index in [9.17, 15) is 9.59 Å². The van der Waals surface area contributed by atoms with E-state index in [2.05, 4.69) is 21.4 Å². The van der Waals surface area contributed by atoms with Crippen LogP contribution in [0, 0.1) is 0 Å². The van der Waals surface area contributed by atoms with Gasteiger partial charge in [0.25, 0.3) is 11.8 Å². The zero-order chi connectivity index (χ0) is 24.1. The lowest BCUT2D eigenvalue weighted by Gasteiger charge is -2.15. The summed E-state index contributed by atoms with van der Waals surface area (Å²) in [6.45, 7) is 2.73. The number of carbonyl (C=O) groups is 2. The van der Waals surface area contributed by atoms with Crippen LogP contribution in [0.25, 0.3) is 6.08 Å². The predicted molar refractivity (Wildman–Crippen MR) is 143 cm³/mol. The zero-order valence-corrected chi connectivity index (χ0v) is 22.0. The number of hydrazine groups is 1. The number of thiocarbonyl (C=S) groups is 1. The van der Waals surface area contributed by atoms with Crippen molar-refractivity contribution in [3.05, 3.63) is 85.4 Å². The van der Waals surface area contributed by atoms with Crippen molar-refractivity contribution in [2.75, 3.05) is 6.61 Å². The molecule has 1 N–H and O–H groups in total. The van der Waals surface area contributed by atoms with E-state index in [-0.39, 0.29) is 10.2 Å². The molecule has 2 amide bonds. The van der Waals surface area contributed by atoms with Crippen LogP contribution in [0.3, 0.4) is 0 Å². The van der Waals surface area contributed by atoms with Crippen LogP contribution in [0.1, 0.15) is 27.7 Å². The van der Waals surface area contributed by atoms with E-state index in [1.807, 2.05) is 49.4 Å². The fourth-order valence-electron chi connectivity index (χ4n) is 3.08. The molecule has 2 heterocycles. The number of benzene rings is 2. The van der Waals surface area contributed by atoms with Crippen LogP contribution in [-0.2, 0) is 11.4 Å². The van der Waals surface area contributed by atoms with E-state index in [0.29, 0.717) is 39.0 Å². The Hall–Kier alpha value is -2.66. The maximum Gasteiger partial charge on any atom is 0.285 e. The van der Waals surface area contributed by atoms with Crippen LogP contribution in [0.4, 0.5) is 0 Å². The second-order valence-corrected chi connectivity index (χ2v) is 10.5.